The molecule has 0 amide bonds. The Balaban J connectivity index is 2.97. The molecule has 19 heavy (non-hydrogen) atoms. The van der Waals surface area contributed by atoms with Crippen molar-refractivity contribution in [1.29, 1.82) is 0 Å². The molecule has 0 saturated heterocycles. The summed E-state index contributed by atoms with van der Waals surface area (Å²) in [5.41, 5.74) is 0. The fourth-order valence-electron chi connectivity index (χ4n) is 1.45. The molecule has 1 heterocycles. The van der Waals surface area contributed by atoms with E-state index in [1.54, 1.807) is 6.92 Å². The molecule has 0 bridgehead atoms. The van der Waals surface area contributed by atoms with Gasteiger partial charge in [0, 0.05) is 6.54 Å². The van der Waals surface area contributed by atoms with E-state index in [1.165, 1.54) is 0 Å². The van der Waals surface area contributed by atoms with Crippen molar-refractivity contribution in [1.82, 2.24) is 9.91 Å². The maximum atomic E-state index is 13.1. The minimum atomic E-state index is -5.92. The molecule has 1 aliphatic rings. The molecule has 0 saturated carbocycles. The van der Waals surface area contributed by atoms with Crippen LogP contribution in [0, 0.1) is 10.1 Å². The van der Waals surface area contributed by atoms with Gasteiger partial charge in [0.15, 0.2) is 0 Å². The van der Waals surface area contributed by atoms with Crippen molar-refractivity contribution in [2.45, 2.75) is 38.3 Å². The van der Waals surface area contributed by atoms with Crippen molar-refractivity contribution in [2.24, 2.45) is 5.10 Å². The fraction of sp³-hybridized carbons (Fsp3) is 0.875. The average Bonchev–Trinajstić information content (AvgIpc) is 2.68. The molecule has 0 fully saturated rings. The summed E-state index contributed by atoms with van der Waals surface area (Å²) >= 11 is 0. The minimum absolute atomic E-state index is 0.0803. The van der Waals surface area contributed by atoms with Crippen LogP contribution in [-0.4, -0.2) is 46.2 Å². The predicted octanol–water partition coefficient (Wildman–Crippen LogP) is 2.06. The molecule has 1 atom stereocenters. The van der Waals surface area contributed by atoms with Crippen LogP contribution < -0.4 is 0 Å². The Morgan fingerprint density at radius 3 is 2.37 bits per heavy atom. The third-order valence-electron chi connectivity index (χ3n) is 2.43. The SMILES string of the molecule is CCCCN1N=CN(C(F)(F)C(F)(F)F)C1[N+](=O)[O-]. The van der Waals surface area contributed by atoms with Gasteiger partial charge in [0.25, 0.3) is 0 Å². The zero-order valence-electron chi connectivity index (χ0n) is 9.77. The van der Waals surface area contributed by atoms with E-state index in [0.29, 0.717) is 17.9 Å². The van der Waals surface area contributed by atoms with E-state index in [-0.39, 0.29) is 12.9 Å². The molecule has 1 aliphatic heterocycles. The molecule has 0 radical (unpaired) electrons. The predicted molar refractivity (Wildman–Crippen MR) is 53.7 cm³/mol. The van der Waals surface area contributed by atoms with Crippen molar-refractivity contribution >= 4 is 6.34 Å². The van der Waals surface area contributed by atoms with Crippen LogP contribution in [0.4, 0.5) is 22.0 Å². The van der Waals surface area contributed by atoms with E-state index in [9.17, 15) is 32.1 Å². The first-order valence-corrected chi connectivity index (χ1v) is 5.30. The zero-order chi connectivity index (χ0) is 14.8. The number of rotatable bonds is 5. The second-order valence-electron chi connectivity index (χ2n) is 3.83. The third-order valence-corrected chi connectivity index (χ3v) is 2.43. The highest BCUT2D eigenvalue weighted by molar-refractivity contribution is 5.57. The van der Waals surface area contributed by atoms with E-state index in [1.807, 2.05) is 0 Å². The van der Waals surface area contributed by atoms with Gasteiger partial charge in [0.2, 0.25) is 0 Å². The monoisotopic (exact) mass is 290 g/mol. The second-order valence-corrected chi connectivity index (χ2v) is 3.83. The van der Waals surface area contributed by atoms with Gasteiger partial charge in [-0.1, -0.05) is 13.3 Å². The Morgan fingerprint density at radius 2 is 1.95 bits per heavy atom. The normalized spacial score (nSPS) is 20.2. The summed E-state index contributed by atoms with van der Waals surface area (Å²) in [6.45, 7) is 1.66. The van der Waals surface area contributed by atoms with Gasteiger partial charge in [-0.15, -0.1) is 0 Å². The van der Waals surface area contributed by atoms with Crippen LogP contribution in [0.1, 0.15) is 19.8 Å². The molecular weight excluding hydrogens is 279 g/mol. The minimum Gasteiger partial charge on any atom is -0.261 e. The number of hydrazone groups is 1. The van der Waals surface area contributed by atoms with Crippen LogP contribution in [-0.2, 0) is 0 Å². The van der Waals surface area contributed by atoms with Gasteiger partial charge in [0.1, 0.15) is 6.34 Å². The number of nitro groups is 1. The summed E-state index contributed by atoms with van der Waals surface area (Å²) in [7, 11) is 0. The highest BCUT2D eigenvalue weighted by Gasteiger charge is 2.67. The molecule has 110 valence electrons. The lowest BCUT2D eigenvalue weighted by Crippen LogP contribution is -2.59. The Morgan fingerprint density at radius 1 is 1.37 bits per heavy atom. The van der Waals surface area contributed by atoms with E-state index in [4.69, 9.17) is 0 Å². The van der Waals surface area contributed by atoms with Crippen LogP contribution in [0.3, 0.4) is 0 Å². The van der Waals surface area contributed by atoms with Gasteiger partial charge < -0.3 is 0 Å². The smallest absolute Gasteiger partial charge is 0.261 e. The standard InChI is InChI=1S/C8H11F5N4O2/c1-2-3-4-16-6(17(18)19)15(5-14-16)8(12,13)7(9,10)11/h5-6H,2-4H2,1H3. The summed E-state index contributed by atoms with van der Waals surface area (Å²) in [6.07, 6.45) is -7.16. The van der Waals surface area contributed by atoms with Crippen molar-refractivity contribution in [3.8, 4) is 0 Å². The Hall–Kier alpha value is -1.68. The maximum absolute atomic E-state index is 13.1. The number of alkyl halides is 5. The van der Waals surface area contributed by atoms with E-state index < -0.39 is 28.3 Å². The van der Waals surface area contributed by atoms with Gasteiger partial charge in [-0.3, -0.25) is 10.1 Å². The molecule has 0 N–H and O–H groups in total. The molecule has 0 spiro atoms. The van der Waals surface area contributed by atoms with Gasteiger partial charge in [-0.05, 0) is 6.42 Å². The number of nitrogens with zero attached hydrogens (tertiary/aromatic N) is 4. The summed E-state index contributed by atoms with van der Waals surface area (Å²) in [4.78, 5) is 8.78. The molecule has 0 aromatic carbocycles. The summed E-state index contributed by atoms with van der Waals surface area (Å²) in [5, 5.41) is 14.6. The number of halogens is 5. The van der Waals surface area contributed by atoms with Crippen LogP contribution >= 0.6 is 0 Å². The highest BCUT2D eigenvalue weighted by Crippen LogP contribution is 2.40. The second kappa shape index (κ2) is 5.13. The maximum Gasteiger partial charge on any atom is 0.475 e. The first kappa shape index (κ1) is 15.4. The average molecular weight is 290 g/mol. The van der Waals surface area contributed by atoms with Crippen LogP contribution in [0.15, 0.2) is 5.10 Å². The quantitative estimate of drug-likeness (QED) is 0.336. The molecule has 11 heteroatoms. The summed E-state index contributed by atoms with van der Waals surface area (Å²) < 4.78 is 62.9. The molecule has 0 aliphatic carbocycles. The summed E-state index contributed by atoms with van der Waals surface area (Å²) in [5.74, 6) is 0. The fourth-order valence-corrected chi connectivity index (χ4v) is 1.45. The van der Waals surface area contributed by atoms with Gasteiger partial charge in [-0.25, -0.2) is 9.91 Å². The Labute approximate surface area is 104 Å². The highest BCUT2D eigenvalue weighted by atomic mass is 19.4. The molecule has 6 nitrogen and oxygen atoms in total. The first-order chi connectivity index (χ1) is 8.63. The number of unbranched alkanes of at least 4 members (excludes halogenated alkanes) is 1. The van der Waals surface area contributed by atoms with Crippen LogP contribution in [0.25, 0.3) is 0 Å². The zero-order valence-corrected chi connectivity index (χ0v) is 9.77. The largest absolute Gasteiger partial charge is 0.475 e. The van der Waals surface area contributed by atoms with Crippen LogP contribution in [0.2, 0.25) is 0 Å². The molecule has 0 aromatic heterocycles. The van der Waals surface area contributed by atoms with Gasteiger partial charge in [0.05, 0.1) is 4.92 Å². The van der Waals surface area contributed by atoms with Crippen molar-refractivity contribution < 1.29 is 26.9 Å². The topological polar surface area (TPSA) is 62.0 Å². The molecule has 0 aromatic rings. The lowest BCUT2D eigenvalue weighted by Gasteiger charge is -2.30. The number of hydrogen-bond acceptors (Lipinski definition) is 5. The van der Waals surface area contributed by atoms with Gasteiger partial charge in [-0.2, -0.15) is 27.1 Å². The Kier molecular flexibility index (Phi) is 4.15. The Bertz CT molecular complexity index is 373. The van der Waals surface area contributed by atoms with Crippen molar-refractivity contribution in [3.63, 3.8) is 0 Å². The first-order valence-electron chi connectivity index (χ1n) is 5.30. The molecule has 1 unspecified atom stereocenters. The van der Waals surface area contributed by atoms with E-state index >= 15 is 0 Å². The summed E-state index contributed by atoms with van der Waals surface area (Å²) in [6, 6.07) is -5.35. The van der Waals surface area contributed by atoms with E-state index in [0.717, 1.165) is 0 Å². The molecular formula is C8H11F5N4O2. The van der Waals surface area contributed by atoms with Crippen LogP contribution in [0.5, 0.6) is 0 Å². The van der Waals surface area contributed by atoms with Crippen molar-refractivity contribution in [2.75, 3.05) is 6.54 Å². The molecule has 1 rings (SSSR count). The van der Waals surface area contributed by atoms with Gasteiger partial charge >= 0.3 is 18.5 Å². The lowest BCUT2D eigenvalue weighted by atomic mass is 10.3. The van der Waals surface area contributed by atoms with E-state index in [2.05, 4.69) is 5.10 Å². The third kappa shape index (κ3) is 2.84. The number of hydrogen-bond donors (Lipinski definition) is 0. The lowest BCUT2D eigenvalue weighted by molar-refractivity contribution is -0.586. The van der Waals surface area contributed by atoms with Crippen molar-refractivity contribution in [3.05, 3.63) is 10.1 Å².